The zero-order chi connectivity index (χ0) is 15.5. The molecule has 2 rings (SSSR count). The maximum atomic E-state index is 12.5. The predicted molar refractivity (Wildman–Crippen MR) is 75.6 cm³/mol. The number of amides is 2. The molecule has 7 nitrogen and oxygen atoms in total. The van der Waals surface area contributed by atoms with E-state index in [-0.39, 0.29) is 31.4 Å². The highest BCUT2D eigenvalue weighted by Crippen LogP contribution is 2.35. The first kappa shape index (κ1) is 15.8. The van der Waals surface area contributed by atoms with Gasteiger partial charge in [-0.1, -0.05) is 13.3 Å². The van der Waals surface area contributed by atoms with E-state index < -0.39 is 17.4 Å². The van der Waals surface area contributed by atoms with Crippen molar-refractivity contribution in [2.24, 2.45) is 5.41 Å². The van der Waals surface area contributed by atoms with Crippen LogP contribution in [0.4, 0.5) is 0 Å². The van der Waals surface area contributed by atoms with Crippen LogP contribution in [0.5, 0.6) is 0 Å². The first-order valence-electron chi connectivity index (χ1n) is 7.51. The molecule has 2 saturated heterocycles. The molecule has 0 aliphatic carbocycles. The molecule has 2 aliphatic heterocycles. The summed E-state index contributed by atoms with van der Waals surface area (Å²) in [5.41, 5.74) is -0.819. The highest BCUT2D eigenvalue weighted by Gasteiger charge is 2.43. The lowest BCUT2D eigenvalue weighted by molar-refractivity contribution is -0.156. The second kappa shape index (κ2) is 6.43. The predicted octanol–water partition coefficient (Wildman–Crippen LogP) is -0.432. The SMILES string of the molecule is CCCC1(C(=O)O)CCCN(C(=O)C2CNC(=O)CN2)C1. The number of hydrogen-bond donors (Lipinski definition) is 3. The zero-order valence-corrected chi connectivity index (χ0v) is 12.4. The maximum Gasteiger partial charge on any atom is 0.311 e. The monoisotopic (exact) mass is 297 g/mol. The fraction of sp³-hybridized carbons (Fsp3) is 0.786. The molecule has 0 aromatic heterocycles. The molecular formula is C14H23N3O4. The van der Waals surface area contributed by atoms with Gasteiger partial charge in [-0.25, -0.2) is 0 Å². The third-order valence-corrected chi connectivity index (χ3v) is 4.38. The van der Waals surface area contributed by atoms with Gasteiger partial charge in [0, 0.05) is 19.6 Å². The van der Waals surface area contributed by atoms with E-state index >= 15 is 0 Å². The summed E-state index contributed by atoms with van der Waals surface area (Å²) in [7, 11) is 0. The molecule has 2 amide bonds. The lowest BCUT2D eigenvalue weighted by Crippen LogP contribution is -2.61. The summed E-state index contributed by atoms with van der Waals surface area (Å²) >= 11 is 0. The van der Waals surface area contributed by atoms with Crippen LogP contribution in [0.25, 0.3) is 0 Å². The summed E-state index contributed by atoms with van der Waals surface area (Å²) in [6.45, 7) is 3.21. The van der Waals surface area contributed by atoms with Crippen molar-refractivity contribution < 1.29 is 19.5 Å². The number of carbonyl (C=O) groups excluding carboxylic acids is 2. The van der Waals surface area contributed by atoms with Crippen LogP contribution in [0.3, 0.4) is 0 Å². The van der Waals surface area contributed by atoms with Gasteiger partial charge in [0.1, 0.15) is 6.04 Å². The second-order valence-corrected chi connectivity index (χ2v) is 5.94. The number of nitrogens with one attached hydrogen (secondary N) is 2. The number of piperazine rings is 1. The molecule has 3 N–H and O–H groups in total. The molecule has 0 spiro atoms. The minimum absolute atomic E-state index is 0.114. The van der Waals surface area contributed by atoms with E-state index in [0.29, 0.717) is 25.8 Å². The highest BCUT2D eigenvalue weighted by atomic mass is 16.4. The number of hydrogen-bond acceptors (Lipinski definition) is 4. The Morgan fingerprint density at radius 2 is 2.24 bits per heavy atom. The Hall–Kier alpha value is -1.63. The first-order valence-corrected chi connectivity index (χ1v) is 7.51. The smallest absolute Gasteiger partial charge is 0.311 e. The molecule has 118 valence electrons. The fourth-order valence-electron chi connectivity index (χ4n) is 3.25. The number of carbonyl (C=O) groups is 3. The Bertz CT molecular complexity index is 426. The summed E-state index contributed by atoms with van der Waals surface area (Å²) < 4.78 is 0. The van der Waals surface area contributed by atoms with Gasteiger partial charge in [-0.05, 0) is 19.3 Å². The van der Waals surface area contributed by atoms with E-state index in [1.807, 2.05) is 6.92 Å². The largest absolute Gasteiger partial charge is 0.481 e. The minimum Gasteiger partial charge on any atom is -0.481 e. The van der Waals surface area contributed by atoms with Gasteiger partial charge in [0.15, 0.2) is 0 Å². The highest BCUT2D eigenvalue weighted by molar-refractivity contribution is 5.87. The Balaban J connectivity index is 2.04. The lowest BCUT2D eigenvalue weighted by atomic mass is 9.76. The molecule has 2 atom stereocenters. The Labute approximate surface area is 124 Å². The van der Waals surface area contributed by atoms with Crippen LogP contribution in [0.2, 0.25) is 0 Å². The van der Waals surface area contributed by atoms with Crippen molar-refractivity contribution in [3.63, 3.8) is 0 Å². The first-order chi connectivity index (χ1) is 9.98. The van der Waals surface area contributed by atoms with Gasteiger partial charge in [0.25, 0.3) is 0 Å². The summed E-state index contributed by atoms with van der Waals surface area (Å²) in [4.78, 5) is 36.9. The number of rotatable bonds is 4. The average molecular weight is 297 g/mol. The number of likely N-dealkylation sites (tertiary alicyclic amines) is 1. The van der Waals surface area contributed by atoms with Crippen molar-refractivity contribution >= 4 is 17.8 Å². The number of piperidine rings is 1. The minimum atomic E-state index is -0.819. The molecule has 0 aromatic carbocycles. The van der Waals surface area contributed by atoms with Crippen LogP contribution in [-0.2, 0) is 14.4 Å². The molecule has 2 heterocycles. The lowest BCUT2D eigenvalue weighted by Gasteiger charge is -2.41. The summed E-state index contributed by atoms with van der Waals surface area (Å²) in [6, 6.07) is -0.450. The van der Waals surface area contributed by atoms with E-state index in [1.165, 1.54) is 0 Å². The molecule has 7 heteroatoms. The molecule has 2 fully saturated rings. The van der Waals surface area contributed by atoms with Crippen molar-refractivity contribution in [2.75, 3.05) is 26.2 Å². The number of carboxylic acids is 1. The third-order valence-electron chi connectivity index (χ3n) is 4.38. The van der Waals surface area contributed by atoms with Gasteiger partial charge in [0.2, 0.25) is 11.8 Å². The second-order valence-electron chi connectivity index (χ2n) is 5.94. The van der Waals surface area contributed by atoms with Crippen molar-refractivity contribution in [1.29, 1.82) is 0 Å². The van der Waals surface area contributed by atoms with E-state index in [0.717, 1.165) is 6.42 Å². The Kier molecular flexibility index (Phi) is 4.82. The molecule has 0 radical (unpaired) electrons. The topological polar surface area (TPSA) is 98.7 Å². The molecule has 21 heavy (non-hydrogen) atoms. The third kappa shape index (κ3) is 3.34. The van der Waals surface area contributed by atoms with Crippen LogP contribution in [-0.4, -0.2) is 60.0 Å². The molecule has 2 aliphatic rings. The molecular weight excluding hydrogens is 274 g/mol. The van der Waals surface area contributed by atoms with Crippen LogP contribution in [0.1, 0.15) is 32.6 Å². The van der Waals surface area contributed by atoms with Crippen LogP contribution in [0, 0.1) is 5.41 Å². The quantitative estimate of drug-likeness (QED) is 0.654. The summed E-state index contributed by atoms with van der Waals surface area (Å²) in [6.07, 6.45) is 2.69. The van der Waals surface area contributed by atoms with E-state index in [1.54, 1.807) is 4.90 Å². The van der Waals surface area contributed by atoms with Crippen molar-refractivity contribution in [1.82, 2.24) is 15.5 Å². The van der Waals surface area contributed by atoms with E-state index in [2.05, 4.69) is 10.6 Å². The average Bonchev–Trinajstić information content (AvgIpc) is 2.48. The van der Waals surface area contributed by atoms with Crippen LogP contribution >= 0.6 is 0 Å². The van der Waals surface area contributed by atoms with Crippen LogP contribution < -0.4 is 10.6 Å². The van der Waals surface area contributed by atoms with Crippen molar-refractivity contribution in [3.8, 4) is 0 Å². The maximum absolute atomic E-state index is 12.5. The van der Waals surface area contributed by atoms with Gasteiger partial charge in [-0.3, -0.25) is 19.7 Å². The van der Waals surface area contributed by atoms with Crippen LogP contribution in [0.15, 0.2) is 0 Å². The normalized spacial score (nSPS) is 29.9. The van der Waals surface area contributed by atoms with E-state index in [4.69, 9.17) is 0 Å². The van der Waals surface area contributed by atoms with Gasteiger partial charge in [-0.2, -0.15) is 0 Å². The van der Waals surface area contributed by atoms with E-state index in [9.17, 15) is 19.5 Å². The van der Waals surface area contributed by atoms with Gasteiger partial charge >= 0.3 is 5.97 Å². The van der Waals surface area contributed by atoms with Gasteiger partial charge in [0.05, 0.1) is 12.0 Å². The van der Waals surface area contributed by atoms with Gasteiger partial charge < -0.3 is 15.3 Å². The molecule has 2 unspecified atom stereocenters. The molecule has 0 aromatic rings. The summed E-state index contributed by atoms with van der Waals surface area (Å²) in [5.74, 6) is -1.05. The number of carboxylic acid groups (broad SMARTS) is 1. The van der Waals surface area contributed by atoms with Crippen molar-refractivity contribution in [2.45, 2.75) is 38.6 Å². The molecule has 0 bridgehead atoms. The van der Waals surface area contributed by atoms with Gasteiger partial charge in [-0.15, -0.1) is 0 Å². The molecule has 0 saturated carbocycles. The van der Waals surface area contributed by atoms with Crippen molar-refractivity contribution in [3.05, 3.63) is 0 Å². The standard InChI is InChI=1S/C14H23N3O4/c1-2-4-14(13(20)21)5-3-6-17(9-14)12(19)10-7-16-11(18)8-15-10/h10,15H,2-9H2,1H3,(H,16,18)(H,20,21). The number of aliphatic carboxylic acids is 1. The summed E-state index contributed by atoms with van der Waals surface area (Å²) in [5, 5.41) is 15.1. The fourth-order valence-corrected chi connectivity index (χ4v) is 3.25. The Morgan fingerprint density at radius 3 is 2.81 bits per heavy atom. The zero-order valence-electron chi connectivity index (χ0n) is 12.4. The number of nitrogens with zero attached hydrogens (tertiary/aromatic N) is 1. The Morgan fingerprint density at radius 1 is 1.48 bits per heavy atom.